The van der Waals surface area contributed by atoms with Crippen molar-refractivity contribution >= 4 is 27.5 Å². The predicted molar refractivity (Wildman–Crippen MR) is 123 cm³/mol. The van der Waals surface area contributed by atoms with Crippen LogP contribution in [0.3, 0.4) is 0 Å². The van der Waals surface area contributed by atoms with Gasteiger partial charge in [0, 0.05) is 32.2 Å². The van der Waals surface area contributed by atoms with Crippen molar-refractivity contribution in [2.75, 3.05) is 31.5 Å². The molecule has 1 aliphatic carbocycles. The molecule has 2 heterocycles. The second-order valence-electron chi connectivity index (χ2n) is 9.01. The highest BCUT2D eigenvalue weighted by Crippen LogP contribution is 2.49. The largest absolute Gasteiger partial charge is 0.479 e. The number of rotatable bonds is 4. The zero-order valence-corrected chi connectivity index (χ0v) is 19.5. The number of amides is 2. The van der Waals surface area contributed by atoms with Gasteiger partial charge in [-0.25, -0.2) is 8.42 Å². The summed E-state index contributed by atoms with van der Waals surface area (Å²) in [6.07, 6.45) is 0.972. The molecule has 1 saturated heterocycles. The molecule has 2 fully saturated rings. The van der Waals surface area contributed by atoms with E-state index in [0.717, 1.165) is 18.4 Å². The van der Waals surface area contributed by atoms with Gasteiger partial charge < -0.3 is 15.0 Å². The molecule has 5 rings (SSSR count). The highest BCUT2D eigenvalue weighted by Gasteiger charge is 2.53. The van der Waals surface area contributed by atoms with Gasteiger partial charge in [0.15, 0.2) is 6.10 Å². The Kier molecular flexibility index (Phi) is 5.21. The lowest BCUT2D eigenvalue weighted by molar-refractivity contribution is -0.135. The van der Waals surface area contributed by atoms with Crippen molar-refractivity contribution in [3.63, 3.8) is 0 Å². The number of anilines is 1. The van der Waals surface area contributed by atoms with Gasteiger partial charge >= 0.3 is 0 Å². The Balaban J connectivity index is 1.32. The minimum absolute atomic E-state index is 0.0915. The van der Waals surface area contributed by atoms with E-state index in [2.05, 4.69) is 5.32 Å². The van der Waals surface area contributed by atoms with E-state index in [1.54, 1.807) is 24.8 Å². The van der Waals surface area contributed by atoms with Gasteiger partial charge in [-0.3, -0.25) is 9.59 Å². The third-order valence-electron chi connectivity index (χ3n) is 6.84. The molecule has 2 aromatic carbocycles. The zero-order chi connectivity index (χ0) is 23.4. The van der Waals surface area contributed by atoms with E-state index in [-0.39, 0.29) is 29.8 Å². The van der Waals surface area contributed by atoms with Crippen LogP contribution in [0.4, 0.5) is 5.69 Å². The molecule has 9 heteroatoms. The summed E-state index contributed by atoms with van der Waals surface area (Å²) in [6, 6.07) is 12.9. The number of fused-ring (bicyclic) bond motifs is 1. The van der Waals surface area contributed by atoms with Crippen molar-refractivity contribution in [2.45, 2.75) is 43.1 Å². The predicted octanol–water partition coefficient (Wildman–Crippen LogP) is 2.28. The zero-order valence-electron chi connectivity index (χ0n) is 18.7. The number of hydrogen-bond acceptors (Lipinski definition) is 5. The number of aryl methyl sites for hydroxylation is 1. The van der Waals surface area contributed by atoms with Crippen LogP contribution in [0, 0.1) is 6.92 Å². The van der Waals surface area contributed by atoms with Crippen molar-refractivity contribution in [1.82, 2.24) is 9.21 Å². The van der Waals surface area contributed by atoms with E-state index in [0.29, 0.717) is 30.1 Å². The van der Waals surface area contributed by atoms with Crippen molar-refractivity contribution in [1.29, 1.82) is 0 Å². The summed E-state index contributed by atoms with van der Waals surface area (Å²) in [4.78, 5) is 27.1. The fraction of sp³-hybridized carbons (Fsp3) is 0.417. The third-order valence-corrected chi connectivity index (χ3v) is 8.88. The minimum Gasteiger partial charge on any atom is -0.479 e. The average Bonchev–Trinajstić information content (AvgIpc) is 3.62. The van der Waals surface area contributed by atoms with Crippen molar-refractivity contribution in [3.05, 3.63) is 53.6 Å². The highest BCUT2D eigenvalue weighted by atomic mass is 32.2. The Bertz CT molecular complexity index is 1220. The first kappa shape index (κ1) is 21.9. The van der Waals surface area contributed by atoms with Gasteiger partial charge in [-0.2, -0.15) is 4.31 Å². The molecule has 174 valence electrons. The summed E-state index contributed by atoms with van der Waals surface area (Å²) in [7, 11) is -3.78. The summed E-state index contributed by atoms with van der Waals surface area (Å²) < 4.78 is 33.9. The second kappa shape index (κ2) is 7.85. The molecule has 3 aliphatic rings. The smallest absolute Gasteiger partial charge is 0.265 e. The van der Waals surface area contributed by atoms with E-state index in [9.17, 15) is 18.0 Å². The SMILES string of the molecule is Cc1cc2c(cc1S(=O)(=O)N1CCN(C(=O)C3(c4ccccc4)CC3)CC1)OC(C)C(=O)N2. The topological polar surface area (TPSA) is 96.0 Å². The molecule has 1 saturated carbocycles. The van der Waals surface area contributed by atoms with E-state index in [1.807, 2.05) is 30.3 Å². The quantitative estimate of drug-likeness (QED) is 0.741. The molecule has 8 nitrogen and oxygen atoms in total. The molecule has 2 amide bonds. The number of carbonyl (C=O) groups excluding carboxylic acids is 2. The van der Waals surface area contributed by atoms with Crippen LogP contribution >= 0.6 is 0 Å². The lowest BCUT2D eigenvalue weighted by Gasteiger charge is -2.36. The first-order chi connectivity index (χ1) is 15.7. The number of benzene rings is 2. The molecule has 0 radical (unpaired) electrons. The van der Waals surface area contributed by atoms with Gasteiger partial charge in [-0.1, -0.05) is 30.3 Å². The monoisotopic (exact) mass is 469 g/mol. The van der Waals surface area contributed by atoms with Gasteiger partial charge in [0.1, 0.15) is 5.75 Å². The molecular weight excluding hydrogens is 442 g/mol. The molecule has 1 atom stereocenters. The number of carbonyl (C=O) groups is 2. The van der Waals surface area contributed by atoms with Crippen LogP contribution in [0.5, 0.6) is 5.75 Å². The van der Waals surface area contributed by atoms with Gasteiger partial charge in [0.05, 0.1) is 16.0 Å². The average molecular weight is 470 g/mol. The molecule has 2 aliphatic heterocycles. The van der Waals surface area contributed by atoms with Crippen LogP contribution in [0.25, 0.3) is 0 Å². The first-order valence-corrected chi connectivity index (χ1v) is 12.6. The highest BCUT2D eigenvalue weighted by molar-refractivity contribution is 7.89. The maximum atomic E-state index is 13.4. The van der Waals surface area contributed by atoms with Crippen molar-refractivity contribution in [3.8, 4) is 5.75 Å². The summed E-state index contributed by atoms with van der Waals surface area (Å²) in [5.74, 6) is 0.176. The minimum atomic E-state index is -3.78. The van der Waals surface area contributed by atoms with Gasteiger partial charge in [0.2, 0.25) is 15.9 Å². The van der Waals surface area contributed by atoms with E-state index in [1.165, 1.54) is 10.4 Å². The van der Waals surface area contributed by atoms with Gasteiger partial charge in [-0.15, -0.1) is 0 Å². The number of nitrogens with one attached hydrogen (secondary N) is 1. The maximum Gasteiger partial charge on any atom is 0.265 e. The Morgan fingerprint density at radius 3 is 2.39 bits per heavy atom. The molecule has 33 heavy (non-hydrogen) atoms. The molecule has 0 spiro atoms. The lowest BCUT2D eigenvalue weighted by Crippen LogP contribution is -2.53. The van der Waals surface area contributed by atoms with Crippen LogP contribution < -0.4 is 10.1 Å². The number of piperazine rings is 1. The summed E-state index contributed by atoms with van der Waals surface area (Å²) in [5, 5.41) is 2.74. The molecule has 0 bridgehead atoms. The first-order valence-electron chi connectivity index (χ1n) is 11.2. The Morgan fingerprint density at radius 2 is 1.76 bits per heavy atom. The number of nitrogens with zero attached hydrogens (tertiary/aromatic N) is 2. The van der Waals surface area contributed by atoms with Crippen LogP contribution in [0.2, 0.25) is 0 Å². The molecular formula is C24H27N3O5S. The number of ether oxygens (including phenoxy) is 1. The van der Waals surface area contributed by atoms with Crippen LogP contribution in [-0.4, -0.2) is 61.7 Å². The fourth-order valence-electron chi connectivity index (χ4n) is 4.70. The summed E-state index contributed by atoms with van der Waals surface area (Å²) in [5.41, 5.74) is 1.60. The summed E-state index contributed by atoms with van der Waals surface area (Å²) in [6.45, 7) is 4.52. The third kappa shape index (κ3) is 3.69. The Morgan fingerprint density at radius 1 is 1.09 bits per heavy atom. The summed E-state index contributed by atoms with van der Waals surface area (Å²) >= 11 is 0. The molecule has 2 aromatic rings. The Hall–Kier alpha value is -2.91. The maximum absolute atomic E-state index is 13.4. The molecule has 0 aromatic heterocycles. The van der Waals surface area contributed by atoms with E-state index in [4.69, 9.17) is 4.74 Å². The van der Waals surface area contributed by atoms with Gasteiger partial charge in [0.25, 0.3) is 5.91 Å². The van der Waals surface area contributed by atoms with E-state index < -0.39 is 21.5 Å². The van der Waals surface area contributed by atoms with Crippen molar-refractivity contribution in [2.24, 2.45) is 0 Å². The normalized spacial score (nSPS) is 22.2. The lowest BCUT2D eigenvalue weighted by atomic mass is 9.94. The standard InChI is InChI=1S/C24H27N3O5S/c1-16-14-19-20(32-17(2)22(28)25-19)15-21(16)33(30,31)27-12-10-26(11-13-27)23(29)24(8-9-24)18-6-4-3-5-7-18/h3-7,14-15,17H,8-13H2,1-2H3,(H,25,28). The second-order valence-corrected chi connectivity index (χ2v) is 10.9. The Labute approximate surface area is 193 Å². The van der Waals surface area contributed by atoms with Crippen LogP contribution in [0.15, 0.2) is 47.4 Å². The van der Waals surface area contributed by atoms with Crippen LogP contribution in [-0.2, 0) is 25.0 Å². The number of hydrogen-bond donors (Lipinski definition) is 1. The van der Waals surface area contributed by atoms with Gasteiger partial charge in [-0.05, 0) is 43.9 Å². The fourth-order valence-corrected chi connectivity index (χ4v) is 6.35. The van der Waals surface area contributed by atoms with E-state index >= 15 is 0 Å². The number of sulfonamides is 1. The van der Waals surface area contributed by atoms with Crippen molar-refractivity contribution < 1.29 is 22.7 Å². The van der Waals surface area contributed by atoms with Crippen LogP contribution in [0.1, 0.15) is 30.9 Å². The molecule has 1 N–H and O–H groups in total. The molecule has 1 unspecified atom stereocenters.